The van der Waals surface area contributed by atoms with Crippen LogP contribution in [-0.4, -0.2) is 44.4 Å². The van der Waals surface area contributed by atoms with E-state index < -0.39 is 5.82 Å². The third-order valence-corrected chi connectivity index (χ3v) is 5.11. The van der Waals surface area contributed by atoms with Crippen LogP contribution >= 0.6 is 11.6 Å². The van der Waals surface area contributed by atoms with E-state index in [1.165, 1.54) is 12.1 Å². The van der Waals surface area contributed by atoms with Crippen molar-refractivity contribution in [1.29, 1.82) is 0 Å². The first-order chi connectivity index (χ1) is 13.5. The minimum atomic E-state index is -0.502. The van der Waals surface area contributed by atoms with Crippen molar-refractivity contribution in [2.75, 3.05) is 13.1 Å². The van der Waals surface area contributed by atoms with Crippen molar-refractivity contribution >= 4 is 17.5 Å². The van der Waals surface area contributed by atoms with Gasteiger partial charge < -0.3 is 9.42 Å². The van der Waals surface area contributed by atoms with Crippen LogP contribution in [0.4, 0.5) is 4.39 Å². The summed E-state index contributed by atoms with van der Waals surface area (Å²) in [4.78, 5) is 18.5. The van der Waals surface area contributed by atoms with Crippen LogP contribution in [-0.2, 0) is 11.2 Å². The summed E-state index contributed by atoms with van der Waals surface area (Å²) in [5.41, 5.74) is 1.42. The average molecular weight is 406 g/mol. The molecule has 1 aliphatic rings. The molecule has 0 N–H and O–H groups in total. The molecule has 0 bridgehead atoms. The van der Waals surface area contributed by atoms with Gasteiger partial charge in [-0.25, -0.2) is 9.02 Å². The molecule has 4 rings (SSSR count). The van der Waals surface area contributed by atoms with E-state index in [4.69, 9.17) is 16.1 Å². The molecule has 0 aliphatic carbocycles. The van der Waals surface area contributed by atoms with Crippen LogP contribution in [0.2, 0.25) is 5.02 Å². The number of hydrogen-bond donors (Lipinski definition) is 0. The highest BCUT2D eigenvalue weighted by molar-refractivity contribution is 6.30. The Balaban J connectivity index is 1.38. The third kappa shape index (κ3) is 3.75. The summed E-state index contributed by atoms with van der Waals surface area (Å²) >= 11 is 5.77. The SMILES string of the molecule is Cc1nonc1CC(=O)N1CCC(c2nc(-c3ccc(Cl)cc3F)no2)CC1. The molecule has 3 heterocycles. The van der Waals surface area contributed by atoms with Gasteiger partial charge in [0.1, 0.15) is 17.2 Å². The molecule has 8 nitrogen and oxygen atoms in total. The van der Waals surface area contributed by atoms with Gasteiger partial charge in [0.15, 0.2) is 0 Å². The van der Waals surface area contributed by atoms with E-state index in [0.717, 1.165) is 0 Å². The largest absolute Gasteiger partial charge is 0.342 e. The second kappa shape index (κ2) is 7.67. The van der Waals surface area contributed by atoms with Crippen LogP contribution in [0.25, 0.3) is 11.4 Å². The van der Waals surface area contributed by atoms with Crippen molar-refractivity contribution in [3.63, 3.8) is 0 Å². The van der Waals surface area contributed by atoms with Crippen molar-refractivity contribution in [1.82, 2.24) is 25.4 Å². The summed E-state index contributed by atoms with van der Waals surface area (Å²) in [6, 6.07) is 4.31. The Morgan fingerprint density at radius 2 is 2.07 bits per heavy atom. The number of benzene rings is 1. The van der Waals surface area contributed by atoms with Crippen molar-refractivity contribution in [2.45, 2.75) is 32.1 Å². The van der Waals surface area contributed by atoms with Crippen LogP contribution < -0.4 is 0 Å². The van der Waals surface area contributed by atoms with Gasteiger partial charge >= 0.3 is 0 Å². The van der Waals surface area contributed by atoms with Crippen molar-refractivity contribution in [2.24, 2.45) is 0 Å². The lowest BCUT2D eigenvalue weighted by molar-refractivity contribution is -0.131. The van der Waals surface area contributed by atoms with Gasteiger partial charge in [0.2, 0.25) is 17.6 Å². The van der Waals surface area contributed by atoms with Crippen LogP contribution in [0.15, 0.2) is 27.4 Å². The number of carbonyl (C=O) groups excluding carboxylic acids is 1. The third-order valence-electron chi connectivity index (χ3n) is 4.88. The second-order valence-electron chi connectivity index (χ2n) is 6.71. The lowest BCUT2D eigenvalue weighted by Gasteiger charge is -2.30. The van der Waals surface area contributed by atoms with Gasteiger partial charge in [-0.05, 0) is 38.0 Å². The van der Waals surface area contributed by atoms with Crippen molar-refractivity contribution < 1.29 is 18.3 Å². The number of aromatic nitrogens is 4. The minimum absolute atomic E-state index is 0.0216. The van der Waals surface area contributed by atoms with Gasteiger partial charge in [-0.2, -0.15) is 4.98 Å². The molecule has 146 valence electrons. The average Bonchev–Trinajstić information content (AvgIpc) is 3.32. The number of aryl methyl sites for hydroxylation is 1. The Morgan fingerprint density at radius 1 is 1.29 bits per heavy atom. The normalized spacial score (nSPS) is 15.2. The molecule has 1 aliphatic heterocycles. The highest BCUT2D eigenvalue weighted by Gasteiger charge is 2.28. The van der Waals surface area contributed by atoms with E-state index >= 15 is 0 Å². The lowest BCUT2D eigenvalue weighted by Crippen LogP contribution is -2.39. The molecule has 10 heteroatoms. The molecule has 0 radical (unpaired) electrons. The second-order valence-corrected chi connectivity index (χ2v) is 7.14. The van der Waals surface area contributed by atoms with E-state index in [-0.39, 0.29) is 29.6 Å². The zero-order chi connectivity index (χ0) is 19.7. The topological polar surface area (TPSA) is 98.2 Å². The minimum Gasteiger partial charge on any atom is -0.342 e. The predicted molar refractivity (Wildman–Crippen MR) is 96.0 cm³/mol. The van der Waals surface area contributed by atoms with Gasteiger partial charge in [-0.1, -0.05) is 27.1 Å². The fourth-order valence-corrected chi connectivity index (χ4v) is 3.38. The first-order valence-corrected chi connectivity index (χ1v) is 9.24. The fraction of sp³-hybridized carbons (Fsp3) is 0.389. The summed E-state index contributed by atoms with van der Waals surface area (Å²) in [7, 11) is 0. The van der Waals surface area contributed by atoms with E-state index in [1.54, 1.807) is 17.9 Å². The van der Waals surface area contributed by atoms with Crippen molar-refractivity contribution in [3.8, 4) is 11.4 Å². The van der Waals surface area contributed by atoms with Crippen LogP contribution in [0, 0.1) is 12.7 Å². The predicted octanol–water partition coefficient (Wildman–Crippen LogP) is 3.17. The number of rotatable bonds is 4. The number of piperidine rings is 1. The molecular weight excluding hydrogens is 389 g/mol. The zero-order valence-corrected chi connectivity index (χ0v) is 15.8. The summed E-state index contributed by atoms with van der Waals surface area (Å²) in [6.45, 7) is 2.89. The van der Waals surface area contributed by atoms with Gasteiger partial charge in [0, 0.05) is 24.0 Å². The van der Waals surface area contributed by atoms with Crippen LogP contribution in [0.1, 0.15) is 36.0 Å². The first-order valence-electron chi connectivity index (χ1n) is 8.86. The van der Waals surface area contributed by atoms with E-state index in [2.05, 4.69) is 25.1 Å². The van der Waals surface area contributed by atoms with E-state index in [0.29, 0.717) is 48.2 Å². The first kappa shape index (κ1) is 18.5. The monoisotopic (exact) mass is 405 g/mol. The summed E-state index contributed by atoms with van der Waals surface area (Å²) in [5.74, 6) is 0.144. The number of halogens is 2. The van der Waals surface area contributed by atoms with Gasteiger partial charge in [-0.3, -0.25) is 4.79 Å². The highest BCUT2D eigenvalue weighted by atomic mass is 35.5. The standard InChI is InChI=1S/C18H17ClFN5O3/c1-10-15(23-28-22-10)9-16(26)25-6-4-11(5-7-25)18-21-17(24-27-18)13-3-2-12(19)8-14(13)20/h2-3,8,11H,4-7,9H2,1H3. The number of hydrogen-bond acceptors (Lipinski definition) is 7. The smallest absolute Gasteiger partial charge is 0.230 e. The maximum absolute atomic E-state index is 14.0. The molecular formula is C18H17ClFN5O3. The Hall–Kier alpha value is -2.81. The molecule has 0 unspecified atom stereocenters. The summed E-state index contributed by atoms with van der Waals surface area (Å²) in [6.07, 6.45) is 1.54. The number of carbonyl (C=O) groups is 1. The molecule has 1 amide bonds. The molecule has 28 heavy (non-hydrogen) atoms. The molecule has 1 fully saturated rings. The Bertz CT molecular complexity index is 997. The maximum atomic E-state index is 14.0. The van der Waals surface area contributed by atoms with Crippen LogP contribution in [0.3, 0.4) is 0 Å². The molecule has 1 aromatic carbocycles. The molecule has 0 spiro atoms. The Morgan fingerprint density at radius 3 is 2.75 bits per heavy atom. The number of likely N-dealkylation sites (tertiary alicyclic amines) is 1. The quantitative estimate of drug-likeness (QED) is 0.657. The summed E-state index contributed by atoms with van der Waals surface area (Å²) in [5, 5.41) is 11.6. The lowest BCUT2D eigenvalue weighted by atomic mass is 9.96. The number of nitrogens with zero attached hydrogens (tertiary/aromatic N) is 5. The zero-order valence-electron chi connectivity index (χ0n) is 15.1. The van der Waals surface area contributed by atoms with Gasteiger partial charge in [0.25, 0.3) is 0 Å². The van der Waals surface area contributed by atoms with Crippen molar-refractivity contribution in [3.05, 3.63) is 46.3 Å². The Labute approximate surface area is 164 Å². The molecule has 2 aromatic heterocycles. The van der Waals surface area contributed by atoms with E-state index in [1.807, 2.05) is 0 Å². The van der Waals surface area contributed by atoms with Gasteiger partial charge in [0.05, 0.1) is 12.0 Å². The Kier molecular flexibility index (Phi) is 5.08. The summed E-state index contributed by atoms with van der Waals surface area (Å²) < 4.78 is 24.0. The maximum Gasteiger partial charge on any atom is 0.230 e. The molecule has 1 saturated heterocycles. The van der Waals surface area contributed by atoms with Crippen LogP contribution in [0.5, 0.6) is 0 Å². The highest BCUT2D eigenvalue weighted by Crippen LogP contribution is 2.30. The van der Waals surface area contributed by atoms with Gasteiger partial charge in [-0.15, -0.1) is 0 Å². The molecule has 0 saturated carbocycles. The van der Waals surface area contributed by atoms with E-state index in [9.17, 15) is 9.18 Å². The fourth-order valence-electron chi connectivity index (χ4n) is 3.22. The molecule has 0 atom stereocenters. The molecule has 3 aromatic rings. The number of amides is 1.